The molecule has 1 unspecified atom stereocenters. The number of esters is 1. The third-order valence-corrected chi connectivity index (χ3v) is 6.32. The summed E-state index contributed by atoms with van der Waals surface area (Å²) in [6.45, 7) is 6.17. The molecule has 0 radical (unpaired) electrons. The van der Waals surface area contributed by atoms with Crippen LogP contribution in [0.2, 0.25) is 0 Å². The van der Waals surface area contributed by atoms with Crippen LogP contribution in [0, 0.1) is 0 Å². The normalized spacial score (nSPS) is 13.2. The van der Waals surface area contributed by atoms with E-state index in [0.29, 0.717) is 12.8 Å². The quantitative estimate of drug-likeness (QED) is 0.0999. The minimum atomic E-state index is -1.18. The van der Waals surface area contributed by atoms with Crippen molar-refractivity contribution in [1.82, 2.24) is 5.32 Å². The van der Waals surface area contributed by atoms with Crippen molar-refractivity contribution >= 4 is 11.8 Å². The smallest absolute Gasteiger partial charge is 0.307 e. The Morgan fingerprint density at radius 3 is 1.35 bits per heavy atom. The Hall–Kier alpha value is -0.900. The van der Waals surface area contributed by atoms with Crippen LogP contribution in [-0.2, 0) is 14.3 Å². The summed E-state index contributed by atoms with van der Waals surface area (Å²) in [5.41, 5.74) is -1.18. The molecule has 0 amide bonds. The lowest BCUT2D eigenvalue weighted by molar-refractivity contribution is -0.169. The second-order valence-corrected chi connectivity index (χ2v) is 9.34. The molecule has 0 saturated heterocycles. The molecule has 0 saturated carbocycles. The van der Waals surface area contributed by atoms with Crippen molar-refractivity contribution in [2.45, 2.75) is 155 Å². The highest BCUT2D eigenvalue weighted by Gasteiger charge is 2.34. The molecule has 0 spiro atoms. The van der Waals surface area contributed by atoms with Gasteiger partial charge in [-0.15, -0.1) is 0 Å². The van der Waals surface area contributed by atoms with Crippen LogP contribution in [0.25, 0.3) is 0 Å². The van der Waals surface area contributed by atoms with Gasteiger partial charge in [-0.05, 0) is 26.8 Å². The molecule has 4 heteroatoms. The number of Topliss-reactive ketones (excluding diaryl/α,β-unsaturated/α-hetero) is 1. The lowest BCUT2D eigenvalue weighted by atomic mass is 10.0. The lowest BCUT2D eigenvalue weighted by Crippen LogP contribution is -2.51. The third kappa shape index (κ3) is 17.3. The van der Waals surface area contributed by atoms with E-state index in [1.807, 2.05) is 0 Å². The zero-order valence-electron chi connectivity index (χ0n) is 21.4. The summed E-state index contributed by atoms with van der Waals surface area (Å²) in [7, 11) is 1.69. The van der Waals surface area contributed by atoms with Gasteiger partial charge in [0, 0.05) is 12.8 Å². The van der Waals surface area contributed by atoms with Gasteiger partial charge in [0.2, 0.25) is 5.72 Å². The first-order valence-corrected chi connectivity index (χ1v) is 13.4. The van der Waals surface area contributed by atoms with Gasteiger partial charge >= 0.3 is 5.97 Å². The number of carbonyl (C=O) groups excluding carboxylic acids is 2. The molecule has 0 aromatic rings. The average Bonchev–Trinajstić information content (AvgIpc) is 2.76. The van der Waals surface area contributed by atoms with E-state index in [-0.39, 0.29) is 11.8 Å². The van der Waals surface area contributed by atoms with Crippen LogP contribution in [0.1, 0.15) is 149 Å². The molecular weight excluding hydrogens is 386 g/mol. The molecule has 0 aliphatic rings. The number of nitrogens with one attached hydrogen (secondary N) is 1. The molecule has 184 valence electrons. The first-order valence-electron chi connectivity index (χ1n) is 13.4. The van der Waals surface area contributed by atoms with E-state index in [0.717, 1.165) is 25.7 Å². The molecule has 0 heterocycles. The van der Waals surface area contributed by atoms with E-state index in [4.69, 9.17) is 4.74 Å². The minimum absolute atomic E-state index is 0.0154. The van der Waals surface area contributed by atoms with Gasteiger partial charge in [0.05, 0.1) is 0 Å². The van der Waals surface area contributed by atoms with Crippen molar-refractivity contribution in [1.29, 1.82) is 0 Å². The van der Waals surface area contributed by atoms with Crippen LogP contribution in [0.3, 0.4) is 0 Å². The Morgan fingerprint density at radius 2 is 0.968 bits per heavy atom. The lowest BCUT2D eigenvalue weighted by Gasteiger charge is -2.27. The highest BCUT2D eigenvalue weighted by atomic mass is 16.6. The number of likely N-dealkylation sites (N-methyl/N-ethyl adjacent to an activating group) is 1. The zero-order valence-corrected chi connectivity index (χ0v) is 21.4. The fraction of sp³-hybridized carbons (Fsp3) is 0.926. The fourth-order valence-corrected chi connectivity index (χ4v) is 3.94. The summed E-state index contributed by atoms with van der Waals surface area (Å²) in [6.07, 6.45) is 22.8. The number of unbranched alkanes of at least 4 members (excludes halogenated alkanes) is 16. The maximum absolute atomic E-state index is 12.6. The fourth-order valence-electron chi connectivity index (χ4n) is 3.94. The molecule has 0 aromatic carbocycles. The van der Waals surface area contributed by atoms with Crippen LogP contribution in [0.4, 0.5) is 0 Å². The number of ether oxygens (including phenoxy) is 1. The molecule has 1 N–H and O–H groups in total. The van der Waals surface area contributed by atoms with Gasteiger partial charge < -0.3 is 4.74 Å². The van der Waals surface area contributed by atoms with Crippen LogP contribution in [0.15, 0.2) is 0 Å². The highest BCUT2D eigenvalue weighted by molar-refractivity contribution is 5.88. The zero-order chi connectivity index (χ0) is 23.2. The Bertz CT molecular complexity index is 438. The molecule has 1 atom stereocenters. The monoisotopic (exact) mass is 439 g/mol. The maximum Gasteiger partial charge on any atom is 0.307 e. The highest BCUT2D eigenvalue weighted by Crippen LogP contribution is 2.17. The van der Waals surface area contributed by atoms with Crippen LogP contribution >= 0.6 is 0 Å². The Labute approximate surface area is 193 Å². The van der Waals surface area contributed by atoms with Gasteiger partial charge in [-0.25, -0.2) is 0 Å². The van der Waals surface area contributed by atoms with Gasteiger partial charge in [0.15, 0.2) is 5.78 Å². The van der Waals surface area contributed by atoms with E-state index < -0.39 is 5.72 Å². The summed E-state index contributed by atoms with van der Waals surface area (Å²) in [4.78, 5) is 24.9. The first-order chi connectivity index (χ1) is 15.0. The topological polar surface area (TPSA) is 55.4 Å². The molecule has 4 nitrogen and oxygen atoms in total. The van der Waals surface area contributed by atoms with E-state index in [1.54, 1.807) is 14.0 Å². The second kappa shape index (κ2) is 21.0. The van der Waals surface area contributed by atoms with E-state index in [9.17, 15) is 9.59 Å². The van der Waals surface area contributed by atoms with E-state index in [1.165, 1.54) is 89.9 Å². The molecule has 0 aliphatic carbocycles. The minimum Gasteiger partial charge on any atom is -0.437 e. The molecule has 0 aliphatic heterocycles. The van der Waals surface area contributed by atoms with Crippen molar-refractivity contribution in [3.63, 3.8) is 0 Å². The van der Waals surface area contributed by atoms with Gasteiger partial charge in [0.1, 0.15) is 0 Å². The van der Waals surface area contributed by atoms with Crippen LogP contribution < -0.4 is 5.32 Å². The van der Waals surface area contributed by atoms with Crippen molar-refractivity contribution in [3.05, 3.63) is 0 Å². The predicted octanol–water partition coefficient (Wildman–Crippen LogP) is 7.88. The first kappa shape index (κ1) is 30.1. The predicted molar refractivity (Wildman–Crippen MR) is 132 cm³/mol. The summed E-state index contributed by atoms with van der Waals surface area (Å²) in [5.74, 6) is -0.279. The Kier molecular flexibility index (Phi) is 20.4. The van der Waals surface area contributed by atoms with Crippen molar-refractivity contribution < 1.29 is 14.3 Å². The summed E-state index contributed by atoms with van der Waals surface area (Å²) < 4.78 is 5.55. The number of rotatable bonds is 23. The summed E-state index contributed by atoms with van der Waals surface area (Å²) in [5, 5.41) is 2.93. The molecular formula is C27H53NO3. The van der Waals surface area contributed by atoms with Crippen molar-refractivity contribution in [3.8, 4) is 0 Å². The van der Waals surface area contributed by atoms with Crippen LogP contribution in [0.5, 0.6) is 0 Å². The number of carbonyl (C=O) groups is 2. The van der Waals surface area contributed by atoms with Gasteiger partial charge in [-0.2, -0.15) is 0 Å². The molecule has 0 aromatic heterocycles. The third-order valence-electron chi connectivity index (χ3n) is 6.32. The SMILES string of the molecule is CCCCCCCCCCCC(=O)OC(C)(NC)C(=O)CCCCCCCCCCC. The number of hydrogen-bond acceptors (Lipinski definition) is 4. The van der Waals surface area contributed by atoms with E-state index in [2.05, 4.69) is 19.2 Å². The standard InChI is InChI=1S/C27H53NO3/c1-5-7-9-11-13-15-17-19-21-23-25(29)27(3,28-4)31-26(30)24-22-20-18-16-14-12-10-8-6-2/h28H,5-24H2,1-4H3. The Balaban J connectivity index is 3.86. The summed E-state index contributed by atoms with van der Waals surface area (Å²) >= 11 is 0. The maximum atomic E-state index is 12.6. The largest absolute Gasteiger partial charge is 0.437 e. The van der Waals surface area contributed by atoms with Gasteiger partial charge in [-0.3, -0.25) is 14.9 Å². The second-order valence-electron chi connectivity index (χ2n) is 9.34. The van der Waals surface area contributed by atoms with Gasteiger partial charge in [0.25, 0.3) is 0 Å². The van der Waals surface area contributed by atoms with Crippen LogP contribution in [-0.4, -0.2) is 24.5 Å². The number of ketones is 1. The molecule has 0 rings (SSSR count). The molecule has 0 bridgehead atoms. The average molecular weight is 440 g/mol. The van der Waals surface area contributed by atoms with Crippen molar-refractivity contribution in [2.24, 2.45) is 0 Å². The summed E-state index contributed by atoms with van der Waals surface area (Å²) in [6, 6.07) is 0. The number of hydrogen-bond donors (Lipinski definition) is 1. The molecule has 0 fully saturated rings. The molecule has 31 heavy (non-hydrogen) atoms. The Morgan fingerprint density at radius 1 is 0.613 bits per heavy atom. The van der Waals surface area contributed by atoms with E-state index >= 15 is 0 Å². The van der Waals surface area contributed by atoms with Crippen molar-refractivity contribution in [2.75, 3.05) is 7.05 Å². The van der Waals surface area contributed by atoms with Gasteiger partial charge in [-0.1, -0.05) is 117 Å².